The number of halogens is 2. The Hall–Kier alpha value is -1.90. The number of rotatable bonds is 9. The van der Waals surface area contributed by atoms with Gasteiger partial charge in [0.2, 0.25) is 5.95 Å². The molecular formula is C26H33Br2N5O. The topological polar surface area (TPSA) is 62.3 Å². The normalized spacial score (nSPS) is 18.1. The van der Waals surface area contributed by atoms with Crippen LogP contribution in [0, 0.1) is 5.92 Å². The molecular weight excluding hydrogens is 558 g/mol. The maximum absolute atomic E-state index is 5.56. The molecule has 1 aliphatic carbocycles. The third-order valence-electron chi connectivity index (χ3n) is 6.52. The molecule has 4 rings (SSSR count). The number of methoxy groups -OCH3 is 1. The summed E-state index contributed by atoms with van der Waals surface area (Å²) < 4.78 is 7.58. The highest BCUT2D eigenvalue weighted by Gasteiger charge is 2.22. The van der Waals surface area contributed by atoms with Crippen LogP contribution in [0.4, 0.5) is 11.8 Å². The predicted molar refractivity (Wildman–Crippen MR) is 148 cm³/mol. The molecule has 6 nitrogen and oxygen atoms in total. The highest BCUT2D eigenvalue weighted by molar-refractivity contribution is 9.11. The van der Waals surface area contributed by atoms with Crippen LogP contribution in [-0.4, -0.2) is 43.8 Å². The number of hydrogen-bond donors (Lipinski definition) is 2. The van der Waals surface area contributed by atoms with Crippen molar-refractivity contribution in [3.63, 3.8) is 0 Å². The predicted octanol–water partition coefficient (Wildman–Crippen LogP) is 6.38. The van der Waals surface area contributed by atoms with Gasteiger partial charge in [0.05, 0.1) is 17.1 Å². The molecule has 0 unspecified atom stereocenters. The van der Waals surface area contributed by atoms with Gasteiger partial charge in [-0.25, -0.2) is 4.98 Å². The zero-order valence-electron chi connectivity index (χ0n) is 20.1. The molecule has 0 amide bonds. The standard InChI is InChI=1S/C26H33Br2N5O/c1-33(2)25-21-6-4-5-7-23(21)31-26(32-25)30-20-10-8-17(9-11-20)12-13-29-16-18-14-19(27)15-22(28)24(18)34-3/h4-7,14-15,17,20,29H,8-13,16H2,1-3H3,(H,30,31,32). The summed E-state index contributed by atoms with van der Waals surface area (Å²) in [6.45, 7) is 1.81. The summed E-state index contributed by atoms with van der Waals surface area (Å²) in [5, 5.41) is 8.30. The number of ether oxygens (including phenoxy) is 1. The molecule has 182 valence electrons. The van der Waals surface area contributed by atoms with Crippen molar-refractivity contribution in [2.45, 2.75) is 44.7 Å². The van der Waals surface area contributed by atoms with E-state index in [1.165, 1.54) is 19.3 Å². The second-order valence-corrected chi connectivity index (χ2v) is 11.0. The first-order valence-electron chi connectivity index (χ1n) is 11.9. The van der Waals surface area contributed by atoms with E-state index in [9.17, 15) is 0 Å². The molecule has 8 heteroatoms. The number of nitrogens with zero attached hydrogens (tertiary/aromatic N) is 3. The van der Waals surface area contributed by atoms with Crippen molar-refractivity contribution in [3.8, 4) is 5.75 Å². The number of fused-ring (bicyclic) bond motifs is 1. The fourth-order valence-electron chi connectivity index (χ4n) is 4.75. The Balaban J connectivity index is 1.25. The van der Waals surface area contributed by atoms with Gasteiger partial charge in [0, 0.05) is 42.1 Å². The molecule has 0 aliphatic heterocycles. The van der Waals surface area contributed by atoms with Gasteiger partial charge in [0.25, 0.3) is 0 Å². The minimum absolute atomic E-state index is 0.434. The van der Waals surface area contributed by atoms with E-state index in [4.69, 9.17) is 14.7 Å². The molecule has 1 aliphatic rings. The third-order valence-corrected chi connectivity index (χ3v) is 7.57. The second-order valence-electron chi connectivity index (χ2n) is 9.19. The fraction of sp³-hybridized carbons (Fsp3) is 0.462. The highest BCUT2D eigenvalue weighted by atomic mass is 79.9. The van der Waals surface area contributed by atoms with Crippen LogP contribution in [0.1, 0.15) is 37.7 Å². The van der Waals surface area contributed by atoms with Crippen molar-refractivity contribution in [3.05, 3.63) is 50.9 Å². The van der Waals surface area contributed by atoms with E-state index < -0.39 is 0 Å². The quantitative estimate of drug-likeness (QED) is 0.282. The van der Waals surface area contributed by atoms with Crippen LogP contribution >= 0.6 is 31.9 Å². The molecule has 1 aromatic heterocycles. The summed E-state index contributed by atoms with van der Waals surface area (Å²) >= 11 is 7.15. The summed E-state index contributed by atoms with van der Waals surface area (Å²) in [5.74, 6) is 3.36. The minimum Gasteiger partial charge on any atom is -0.495 e. The maximum Gasteiger partial charge on any atom is 0.225 e. The smallest absolute Gasteiger partial charge is 0.225 e. The van der Waals surface area contributed by atoms with Crippen molar-refractivity contribution in [1.29, 1.82) is 0 Å². The monoisotopic (exact) mass is 589 g/mol. The summed E-state index contributed by atoms with van der Waals surface area (Å²) in [4.78, 5) is 11.6. The zero-order chi connectivity index (χ0) is 24.1. The molecule has 1 fully saturated rings. The summed E-state index contributed by atoms with van der Waals surface area (Å²) in [5.41, 5.74) is 2.14. The number of benzene rings is 2. The SMILES string of the molecule is COc1c(Br)cc(Br)cc1CNCCC1CCC(Nc2nc(N(C)C)c3ccccc3n2)CC1. The Kier molecular flexibility index (Phi) is 8.66. The van der Waals surface area contributed by atoms with Crippen molar-refractivity contribution in [2.75, 3.05) is 38.0 Å². The third kappa shape index (κ3) is 6.20. The summed E-state index contributed by atoms with van der Waals surface area (Å²) in [6.07, 6.45) is 5.98. The van der Waals surface area contributed by atoms with Crippen molar-refractivity contribution < 1.29 is 4.74 Å². The number of anilines is 2. The van der Waals surface area contributed by atoms with Crippen LogP contribution in [0.15, 0.2) is 45.3 Å². The first kappa shape index (κ1) is 25.2. The largest absolute Gasteiger partial charge is 0.495 e. The van der Waals surface area contributed by atoms with Gasteiger partial charge < -0.3 is 20.3 Å². The average molecular weight is 591 g/mol. The molecule has 1 saturated carbocycles. The van der Waals surface area contributed by atoms with Gasteiger partial charge in [-0.3, -0.25) is 0 Å². The Morgan fingerprint density at radius 1 is 1.06 bits per heavy atom. The van der Waals surface area contributed by atoms with Crippen molar-refractivity contribution in [2.24, 2.45) is 5.92 Å². The fourth-order valence-corrected chi connectivity index (χ4v) is 6.22. The van der Waals surface area contributed by atoms with Crippen LogP contribution < -0.4 is 20.3 Å². The number of para-hydroxylation sites is 1. The van der Waals surface area contributed by atoms with Gasteiger partial charge in [0.15, 0.2) is 0 Å². The molecule has 0 radical (unpaired) electrons. The molecule has 0 spiro atoms. The molecule has 3 aromatic rings. The van der Waals surface area contributed by atoms with Crippen LogP contribution in [0.5, 0.6) is 5.75 Å². The van der Waals surface area contributed by atoms with E-state index in [0.29, 0.717) is 6.04 Å². The molecule has 1 heterocycles. The minimum atomic E-state index is 0.434. The average Bonchev–Trinajstić information content (AvgIpc) is 2.82. The molecule has 2 aromatic carbocycles. The first-order valence-corrected chi connectivity index (χ1v) is 13.5. The Bertz CT molecular complexity index is 1120. The van der Waals surface area contributed by atoms with Crippen molar-refractivity contribution in [1.82, 2.24) is 15.3 Å². The van der Waals surface area contributed by atoms with E-state index >= 15 is 0 Å². The lowest BCUT2D eigenvalue weighted by atomic mass is 9.84. The Labute approximate surface area is 219 Å². The van der Waals surface area contributed by atoms with Gasteiger partial charge in [0.1, 0.15) is 11.6 Å². The lowest BCUT2D eigenvalue weighted by molar-refractivity contribution is 0.316. The van der Waals surface area contributed by atoms with Gasteiger partial charge in [-0.2, -0.15) is 4.98 Å². The number of hydrogen-bond acceptors (Lipinski definition) is 6. The van der Waals surface area contributed by atoms with Gasteiger partial charge in [-0.1, -0.05) is 28.1 Å². The van der Waals surface area contributed by atoms with E-state index in [0.717, 1.165) is 74.8 Å². The highest BCUT2D eigenvalue weighted by Crippen LogP contribution is 2.33. The lowest BCUT2D eigenvalue weighted by Gasteiger charge is -2.29. The zero-order valence-corrected chi connectivity index (χ0v) is 23.2. The van der Waals surface area contributed by atoms with Gasteiger partial charge >= 0.3 is 0 Å². The lowest BCUT2D eigenvalue weighted by Crippen LogP contribution is -2.28. The number of nitrogens with one attached hydrogen (secondary N) is 2. The second kappa shape index (κ2) is 11.7. The Morgan fingerprint density at radius 3 is 2.56 bits per heavy atom. The van der Waals surface area contributed by atoms with Gasteiger partial charge in [-0.15, -0.1) is 0 Å². The van der Waals surface area contributed by atoms with Crippen LogP contribution in [0.3, 0.4) is 0 Å². The van der Waals surface area contributed by atoms with E-state index in [1.807, 2.05) is 32.3 Å². The van der Waals surface area contributed by atoms with Crippen LogP contribution in [-0.2, 0) is 6.54 Å². The molecule has 0 atom stereocenters. The van der Waals surface area contributed by atoms with E-state index in [-0.39, 0.29) is 0 Å². The van der Waals surface area contributed by atoms with Crippen molar-refractivity contribution >= 4 is 54.5 Å². The maximum atomic E-state index is 5.56. The molecule has 0 saturated heterocycles. The van der Waals surface area contributed by atoms with Crippen LogP contribution in [0.25, 0.3) is 10.9 Å². The first-order chi connectivity index (χ1) is 16.4. The molecule has 34 heavy (non-hydrogen) atoms. The molecule has 2 N–H and O–H groups in total. The van der Waals surface area contributed by atoms with E-state index in [1.54, 1.807) is 7.11 Å². The van der Waals surface area contributed by atoms with E-state index in [2.05, 4.69) is 65.6 Å². The number of aromatic nitrogens is 2. The molecule has 0 bridgehead atoms. The summed E-state index contributed by atoms with van der Waals surface area (Å²) in [7, 11) is 5.78. The van der Waals surface area contributed by atoms with Crippen LogP contribution in [0.2, 0.25) is 0 Å². The van der Waals surface area contributed by atoms with Gasteiger partial charge in [-0.05, 0) is 84.8 Å². The summed E-state index contributed by atoms with van der Waals surface area (Å²) in [6, 6.07) is 12.8. The Morgan fingerprint density at radius 2 is 1.82 bits per heavy atom.